The van der Waals surface area contributed by atoms with E-state index in [0.29, 0.717) is 6.04 Å². The van der Waals surface area contributed by atoms with Crippen molar-refractivity contribution in [2.45, 2.75) is 19.4 Å². The van der Waals surface area contributed by atoms with E-state index in [2.05, 4.69) is 67.0 Å². The Kier molecular flexibility index (Phi) is 7.20. The first-order valence-electron chi connectivity index (χ1n) is 8.48. The van der Waals surface area contributed by atoms with Crippen LogP contribution in [0.15, 0.2) is 43.0 Å². The van der Waals surface area contributed by atoms with Gasteiger partial charge in [-0.05, 0) is 18.9 Å². The van der Waals surface area contributed by atoms with Gasteiger partial charge >= 0.3 is 0 Å². The third-order valence-corrected chi connectivity index (χ3v) is 4.81. The second-order valence-electron chi connectivity index (χ2n) is 6.36. The lowest BCUT2D eigenvalue weighted by Gasteiger charge is -2.38. The fraction of sp³-hybridized carbons (Fsp3) is 0.389. The summed E-state index contributed by atoms with van der Waals surface area (Å²) in [5.74, 6) is 0.966. The Balaban J connectivity index is 0.00000121. The van der Waals surface area contributed by atoms with Crippen molar-refractivity contribution in [2.75, 3.05) is 31.1 Å². The number of hydrogen-bond donors (Lipinski definition) is 1. The molecular weight excluding hydrogens is 371 g/mol. The van der Waals surface area contributed by atoms with Crippen LogP contribution in [-0.2, 0) is 6.42 Å². The number of hydrogen-bond acceptors (Lipinski definition) is 5. The zero-order chi connectivity index (χ0) is 16.4. The minimum Gasteiger partial charge on any atom is -0.352 e. The lowest BCUT2D eigenvalue weighted by atomic mass is 10.1. The van der Waals surface area contributed by atoms with E-state index in [1.807, 2.05) is 0 Å². The van der Waals surface area contributed by atoms with E-state index in [-0.39, 0.29) is 24.8 Å². The average Bonchev–Trinajstić information content (AvgIpc) is 3.11. The first-order valence-corrected chi connectivity index (χ1v) is 8.48. The van der Waals surface area contributed by atoms with Crippen molar-refractivity contribution in [3.8, 4) is 0 Å². The fourth-order valence-corrected chi connectivity index (χ4v) is 3.45. The average molecular weight is 395 g/mol. The predicted octanol–water partition coefficient (Wildman–Crippen LogP) is 2.95. The first kappa shape index (κ1) is 20.4. The molecule has 1 aliphatic rings. The summed E-state index contributed by atoms with van der Waals surface area (Å²) in [6.07, 6.45) is 4.38. The smallest absolute Gasteiger partial charge is 0.182 e. The maximum atomic E-state index is 4.47. The lowest BCUT2D eigenvalue weighted by Crippen LogP contribution is -2.50. The maximum Gasteiger partial charge on any atom is 0.182 e. The molecule has 1 aromatic carbocycles. The van der Waals surface area contributed by atoms with Crippen LogP contribution in [0.3, 0.4) is 0 Å². The lowest BCUT2D eigenvalue weighted by molar-refractivity contribution is 0.195. The van der Waals surface area contributed by atoms with Crippen LogP contribution in [0.5, 0.6) is 0 Å². The molecule has 1 N–H and O–H groups in total. The molecular formula is C18H24Cl2N6. The van der Waals surface area contributed by atoms with Crippen LogP contribution in [0.25, 0.3) is 11.2 Å². The Bertz CT molecular complexity index is 802. The number of anilines is 1. The highest BCUT2D eigenvalue weighted by molar-refractivity contribution is 5.85. The maximum absolute atomic E-state index is 4.47. The molecule has 0 spiro atoms. The first-order chi connectivity index (χ1) is 11.8. The van der Waals surface area contributed by atoms with Crippen molar-refractivity contribution in [3.05, 3.63) is 48.5 Å². The Labute approximate surface area is 165 Å². The Morgan fingerprint density at radius 3 is 2.46 bits per heavy atom. The van der Waals surface area contributed by atoms with Gasteiger partial charge in [0.2, 0.25) is 0 Å². The van der Waals surface area contributed by atoms with Crippen molar-refractivity contribution in [2.24, 2.45) is 0 Å². The molecule has 1 saturated heterocycles. The highest BCUT2D eigenvalue weighted by Gasteiger charge is 2.23. The van der Waals surface area contributed by atoms with Gasteiger partial charge in [0.15, 0.2) is 11.5 Å². The van der Waals surface area contributed by atoms with Crippen molar-refractivity contribution >= 4 is 41.8 Å². The predicted molar refractivity (Wildman–Crippen MR) is 110 cm³/mol. The molecule has 3 heterocycles. The third-order valence-electron chi connectivity index (χ3n) is 4.81. The SMILES string of the molecule is CC(Cc1ccccc1)N1CCN(c2ncnc3nc[nH]c23)CC1.Cl.Cl. The summed E-state index contributed by atoms with van der Waals surface area (Å²) in [6.45, 7) is 6.37. The number of nitrogens with one attached hydrogen (secondary N) is 1. The Hall–Kier alpha value is -1.89. The van der Waals surface area contributed by atoms with Gasteiger partial charge in [-0.25, -0.2) is 15.0 Å². The zero-order valence-corrected chi connectivity index (χ0v) is 16.3. The summed E-state index contributed by atoms with van der Waals surface area (Å²) in [4.78, 5) is 20.9. The Morgan fingerprint density at radius 1 is 1.00 bits per heavy atom. The summed E-state index contributed by atoms with van der Waals surface area (Å²) in [6, 6.07) is 11.3. The topological polar surface area (TPSA) is 60.9 Å². The number of H-pyrrole nitrogens is 1. The van der Waals surface area contributed by atoms with Gasteiger partial charge in [-0.1, -0.05) is 30.3 Å². The molecule has 1 aliphatic heterocycles. The fourth-order valence-electron chi connectivity index (χ4n) is 3.45. The van der Waals surface area contributed by atoms with Crippen molar-refractivity contribution in [1.29, 1.82) is 0 Å². The number of nitrogens with zero attached hydrogens (tertiary/aromatic N) is 5. The van der Waals surface area contributed by atoms with Crippen LogP contribution in [0.2, 0.25) is 0 Å². The summed E-state index contributed by atoms with van der Waals surface area (Å²) >= 11 is 0. The normalized spacial score (nSPS) is 16.0. The van der Waals surface area contributed by atoms with Gasteiger partial charge in [0, 0.05) is 32.2 Å². The monoisotopic (exact) mass is 394 g/mol. The molecule has 0 amide bonds. The van der Waals surface area contributed by atoms with Gasteiger partial charge in [-0.15, -0.1) is 24.8 Å². The van der Waals surface area contributed by atoms with Crippen molar-refractivity contribution in [3.63, 3.8) is 0 Å². The number of halogens is 2. The minimum atomic E-state index is 0. The molecule has 1 fully saturated rings. The molecule has 6 nitrogen and oxygen atoms in total. The molecule has 1 unspecified atom stereocenters. The molecule has 0 bridgehead atoms. The second-order valence-corrected chi connectivity index (χ2v) is 6.36. The molecule has 3 aromatic rings. The van der Waals surface area contributed by atoms with Crippen LogP contribution in [0.4, 0.5) is 5.82 Å². The van der Waals surface area contributed by atoms with Crippen molar-refractivity contribution < 1.29 is 0 Å². The molecule has 0 aliphatic carbocycles. The Morgan fingerprint density at radius 2 is 1.73 bits per heavy atom. The van der Waals surface area contributed by atoms with Gasteiger partial charge in [0.25, 0.3) is 0 Å². The van der Waals surface area contributed by atoms with Gasteiger partial charge in [0.05, 0.1) is 6.33 Å². The van der Waals surface area contributed by atoms with Crippen LogP contribution < -0.4 is 4.90 Å². The molecule has 26 heavy (non-hydrogen) atoms. The number of imidazole rings is 1. The third kappa shape index (κ3) is 4.26. The van der Waals surface area contributed by atoms with E-state index in [1.165, 1.54) is 5.56 Å². The summed E-state index contributed by atoms with van der Waals surface area (Å²) < 4.78 is 0. The zero-order valence-electron chi connectivity index (χ0n) is 14.7. The van der Waals surface area contributed by atoms with Crippen LogP contribution in [0.1, 0.15) is 12.5 Å². The van der Waals surface area contributed by atoms with Crippen LogP contribution in [-0.4, -0.2) is 57.1 Å². The molecule has 0 saturated carbocycles. The quantitative estimate of drug-likeness (QED) is 0.736. The van der Waals surface area contributed by atoms with Crippen LogP contribution >= 0.6 is 24.8 Å². The number of aromatic nitrogens is 4. The van der Waals surface area contributed by atoms with Gasteiger partial charge < -0.3 is 9.88 Å². The van der Waals surface area contributed by atoms with E-state index in [0.717, 1.165) is 49.6 Å². The summed E-state index contributed by atoms with van der Waals surface area (Å²) in [5.41, 5.74) is 3.07. The number of rotatable bonds is 4. The van der Waals surface area contributed by atoms with E-state index >= 15 is 0 Å². The number of benzene rings is 1. The standard InChI is InChI=1S/C18H22N6.2ClH/c1-14(11-15-5-3-2-4-6-15)23-7-9-24(10-8-23)18-16-17(20-12-19-16)21-13-22-18;;/h2-6,12-14H,7-11H2,1H3,(H,19,20,21,22);2*1H. The van der Waals surface area contributed by atoms with E-state index < -0.39 is 0 Å². The largest absolute Gasteiger partial charge is 0.352 e. The second kappa shape index (κ2) is 9.16. The van der Waals surface area contributed by atoms with Crippen molar-refractivity contribution in [1.82, 2.24) is 24.8 Å². The number of fused-ring (bicyclic) bond motifs is 1. The highest BCUT2D eigenvalue weighted by Crippen LogP contribution is 2.21. The molecule has 2 aromatic heterocycles. The number of piperazine rings is 1. The van der Waals surface area contributed by atoms with Gasteiger partial charge in [0.1, 0.15) is 11.8 Å². The van der Waals surface area contributed by atoms with E-state index in [1.54, 1.807) is 12.7 Å². The minimum absolute atomic E-state index is 0. The summed E-state index contributed by atoms with van der Waals surface area (Å²) in [7, 11) is 0. The van der Waals surface area contributed by atoms with E-state index in [4.69, 9.17) is 0 Å². The molecule has 4 rings (SSSR count). The summed E-state index contributed by atoms with van der Waals surface area (Å²) in [5, 5.41) is 0. The van der Waals surface area contributed by atoms with Gasteiger partial charge in [-0.2, -0.15) is 0 Å². The highest BCUT2D eigenvalue weighted by atomic mass is 35.5. The number of aromatic amines is 1. The molecule has 8 heteroatoms. The van der Waals surface area contributed by atoms with E-state index in [9.17, 15) is 0 Å². The van der Waals surface area contributed by atoms with Crippen LogP contribution in [0, 0.1) is 0 Å². The molecule has 0 radical (unpaired) electrons. The molecule has 140 valence electrons. The molecule has 1 atom stereocenters. The van der Waals surface area contributed by atoms with Gasteiger partial charge in [-0.3, -0.25) is 4.90 Å².